The van der Waals surface area contributed by atoms with Crippen molar-refractivity contribution in [2.24, 2.45) is 5.92 Å². The van der Waals surface area contributed by atoms with Gasteiger partial charge in [0.1, 0.15) is 6.04 Å². The summed E-state index contributed by atoms with van der Waals surface area (Å²) in [4.78, 5) is 23.4. The van der Waals surface area contributed by atoms with Crippen molar-refractivity contribution in [1.29, 1.82) is 0 Å². The predicted octanol–water partition coefficient (Wildman–Crippen LogP) is 2.40. The van der Waals surface area contributed by atoms with E-state index >= 15 is 0 Å². The molecule has 0 aromatic heterocycles. The van der Waals surface area contributed by atoms with E-state index in [1.807, 2.05) is 44.2 Å². The van der Waals surface area contributed by atoms with E-state index in [2.05, 4.69) is 5.32 Å². The number of benzene rings is 1. The fraction of sp³-hybridized carbons (Fsp3) is 0.375. The summed E-state index contributed by atoms with van der Waals surface area (Å²) in [7, 11) is 1.32. The number of ether oxygens (including phenoxy) is 1. The number of esters is 1. The Balaban J connectivity index is 2.62. The van der Waals surface area contributed by atoms with Gasteiger partial charge in [0.05, 0.1) is 7.11 Å². The summed E-state index contributed by atoms with van der Waals surface area (Å²) in [6, 6.07) is 8.90. The molecule has 1 N–H and O–H groups in total. The van der Waals surface area contributed by atoms with Gasteiger partial charge in [0.2, 0.25) is 5.91 Å². The van der Waals surface area contributed by atoms with Crippen LogP contribution in [0, 0.1) is 5.92 Å². The van der Waals surface area contributed by atoms with Crippen molar-refractivity contribution in [2.75, 3.05) is 7.11 Å². The quantitative estimate of drug-likeness (QED) is 0.640. The lowest BCUT2D eigenvalue weighted by Gasteiger charge is -2.17. The van der Waals surface area contributed by atoms with Gasteiger partial charge in [-0.15, -0.1) is 0 Å². The molecule has 0 unspecified atom stereocenters. The van der Waals surface area contributed by atoms with Crippen LogP contribution in [0.25, 0.3) is 6.08 Å². The molecule has 0 bridgehead atoms. The Kier molecular flexibility index (Phi) is 6.50. The van der Waals surface area contributed by atoms with E-state index in [0.29, 0.717) is 6.42 Å². The van der Waals surface area contributed by atoms with Crippen LogP contribution in [0.1, 0.15) is 25.8 Å². The highest BCUT2D eigenvalue weighted by molar-refractivity contribution is 5.94. The SMILES string of the molecule is COC(=O)[C@H](CC(C)C)NC(=O)/C=C/c1ccccc1. The molecule has 1 aromatic carbocycles. The number of hydrogen-bond acceptors (Lipinski definition) is 3. The largest absolute Gasteiger partial charge is 0.467 e. The average Bonchev–Trinajstić information content (AvgIpc) is 2.44. The normalized spacial score (nSPS) is 12.4. The summed E-state index contributed by atoms with van der Waals surface area (Å²) in [6.07, 6.45) is 3.68. The zero-order valence-corrected chi connectivity index (χ0v) is 12.1. The van der Waals surface area contributed by atoms with Crippen LogP contribution in [0.2, 0.25) is 0 Å². The Morgan fingerprint density at radius 1 is 1.25 bits per heavy atom. The molecular weight excluding hydrogens is 254 g/mol. The summed E-state index contributed by atoms with van der Waals surface area (Å²) in [6.45, 7) is 3.98. The van der Waals surface area contributed by atoms with E-state index in [4.69, 9.17) is 4.74 Å². The molecule has 4 nitrogen and oxygen atoms in total. The molecule has 1 aromatic rings. The van der Waals surface area contributed by atoms with Crippen LogP contribution in [0.4, 0.5) is 0 Å². The predicted molar refractivity (Wildman–Crippen MR) is 78.9 cm³/mol. The molecule has 0 aliphatic heterocycles. The van der Waals surface area contributed by atoms with Gasteiger partial charge in [0.25, 0.3) is 0 Å². The lowest BCUT2D eigenvalue weighted by molar-refractivity contribution is -0.145. The number of amides is 1. The maximum Gasteiger partial charge on any atom is 0.328 e. The molecule has 0 heterocycles. The molecule has 0 saturated carbocycles. The van der Waals surface area contributed by atoms with Gasteiger partial charge in [-0.1, -0.05) is 44.2 Å². The molecule has 0 radical (unpaired) electrons. The van der Waals surface area contributed by atoms with Crippen LogP contribution in [-0.2, 0) is 14.3 Å². The highest BCUT2D eigenvalue weighted by atomic mass is 16.5. The van der Waals surface area contributed by atoms with E-state index < -0.39 is 12.0 Å². The molecule has 0 aliphatic rings. The zero-order valence-electron chi connectivity index (χ0n) is 12.1. The van der Waals surface area contributed by atoms with Gasteiger partial charge in [-0.25, -0.2) is 4.79 Å². The minimum atomic E-state index is -0.604. The minimum absolute atomic E-state index is 0.289. The van der Waals surface area contributed by atoms with Gasteiger partial charge in [0.15, 0.2) is 0 Å². The van der Waals surface area contributed by atoms with E-state index in [-0.39, 0.29) is 11.8 Å². The molecule has 1 amide bonds. The van der Waals surface area contributed by atoms with Crippen molar-refractivity contribution in [1.82, 2.24) is 5.32 Å². The van der Waals surface area contributed by atoms with E-state index in [9.17, 15) is 9.59 Å². The zero-order chi connectivity index (χ0) is 15.0. The number of nitrogens with one attached hydrogen (secondary N) is 1. The maximum absolute atomic E-state index is 11.8. The van der Waals surface area contributed by atoms with Crippen molar-refractivity contribution in [3.8, 4) is 0 Å². The number of hydrogen-bond donors (Lipinski definition) is 1. The van der Waals surface area contributed by atoms with Crippen LogP contribution in [-0.4, -0.2) is 25.0 Å². The summed E-state index contributed by atoms with van der Waals surface area (Å²) in [5.74, 6) is -0.428. The van der Waals surface area contributed by atoms with Crippen LogP contribution >= 0.6 is 0 Å². The lowest BCUT2D eigenvalue weighted by atomic mass is 10.0. The summed E-state index contributed by atoms with van der Waals surface area (Å²) < 4.78 is 4.70. The molecule has 0 aliphatic carbocycles. The standard InChI is InChI=1S/C16H21NO3/c1-12(2)11-14(16(19)20-3)17-15(18)10-9-13-7-5-4-6-8-13/h4-10,12,14H,11H2,1-3H3,(H,17,18)/b10-9+/t14-/m0/s1. The first-order chi connectivity index (χ1) is 9.52. The van der Waals surface area contributed by atoms with Crippen LogP contribution in [0.3, 0.4) is 0 Å². The number of carbonyl (C=O) groups excluding carboxylic acids is 2. The second kappa shape index (κ2) is 8.15. The second-order valence-electron chi connectivity index (χ2n) is 4.96. The van der Waals surface area contributed by atoms with Crippen molar-refractivity contribution < 1.29 is 14.3 Å². The maximum atomic E-state index is 11.8. The average molecular weight is 275 g/mol. The molecule has 1 atom stereocenters. The Bertz CT molecular complexity index is 466. The molecule has 20 heavy (non-hydrogen) atoms. The molecule has 108 valence electrons. The van der Waals surface area contributed by atoms with Crippen molar-refractivity contribution in [3.63, 3.8) is 0 Å². The van der Waals surface area contributed by atoms with Gasteiger partial charge in [-0.05, 0) is 24.0 Å². The first kappa shape index (κ1) is 16.0. The fourth-order valence-electron chi connectivity index (χ4n) is 1.78. The number of rotatable bonds is 6. The third kappa shape index (κ3) is 5.69. The van der Waals surface area contributed by atoms with Gasteiger partial charge < -0.3 is 10.1 Å². The summed E-state index contributed by atoms with van der Waals surface area (Å²) in [5, 5.41) is 2.67. The summed E-state index contributed by atoms with van der Waals surface area (Å²) in [5.41, 5.74) is 0.932. The molecule has 0 fully saturated rings. The highest BCUT2D eigenvalue weighted by Crippen LogP contribution is 2.07. The molecule has 1 rings (SSSR count). The molecule has 0 spiro atoms. The van der Waals surface area contributed by atoms with Crippen molar-refractivity contribution in [3.05, 3.63) is 42.0 Å². The van der Waals surface area contributed by atoms with Crippen molar-refractivity contribution >= 4 is 18.0 Å². The van der Waals surface area contributed by atoms with Crippen LogP contribution < -0.4 is 5.32 Å². The third-order valence-corrected chi connectivity index (χ3v) is 2.74. The molecule has 4 heteroatoms. The first-order valence-corrected chi connectivity index (χ1v) is 6.64. The smallest absolute Gasteiger partial charge is 0.328 e. The molecule has 0 saturated heterocycles. The highest BCUT2D eigenvalue weighted by Gasteiger charge is 2.21. The van der Waals surface area contributed by atoms with Gasteiger partial charge in [-0.3, -0.25) is 4.79 Å². The van der Waals surface area contributed by atoms with E-state index in [1.165, 1.54) is 13.2 Å². The number of carbonyl (C=O) groups is 2. The fourth-order valence-corrected chi connectivity index (χ4v) is 1.78. The Morgan fingerprint density at radius 3 is 2.45 bits per heavy atom. The van der Waals surface area contributed by atoms with E-state index in [0.717, 1.165) is 5.56 Å². The van der Waals surface area contributed by atoms with Gasteiger partial charge in [-0.2, -0.15) is 0 Å². The monoisotopic (exact) mass is 275 g/mol. The Labute approximate surface area is 119 Å². The minimum Gasteiger partial charge on any atom is -0.467 e. The Hall–Kier alpha value is -2.10. The first-order valence-electron chi connectivity index (χ1n) is 6.64. The van der Waals surface area contributed by atoms with Crippen molar-refractivity contribution in [2.45, 2.75) is 26.3 Å². The molecular formula is C16H21NO3. The summed E-state index contributed by atoms with van der Waals surface area (Å²) >= 11 is 0. The van der Waals surface area contributed by atoms with E-state index in [1.54, 1.807) is 6.08 Å². The van der Waals surface area contributed by atoms with Crippen LogP contribution in [0.15, 0.2) is 36.4 Å². The Morgan fingerprint density at radius 2 is 1.90 bits per heavy atom. The van der Waals surface area contributed by atoms with Crippen LogP contribution in [0.5, 0.6) is 0 Å². The van der Waals surface area contributed by atoms with Gasteiger partial charge in [0, 0.05) is 6.08 Å². The lowest BCUT2D eigenvalue weighted by Crippen LogP contribution is -2.41. The topological polar surface area (TPSA) is 55.4 Å². The van der Waals surface area contributed by atoms with Gasteiger partial charge >= 0.3 is 5.97 Å². The number of methoxy groups -OCH3 is 1. The third-order valence-electron chi connectivity index (χ3n) is 2.74. The second-order valence-corrected chi connectivity index (χ2v) is 4.96.